The molecule has 0 amide bonds. The van der Waals surface area contributed by atoms with Crippen LogP contribution >= 0.6 is 0 Å². The third-order valence-corrected chi connectivity index (χ3v) is 0.900. The number of hydrogen-bond donors (Lipinski definition) is 0. The number of unbranched alkanes of at least 4 members (excludes halogenated alkanes) is 1. The third-order valence-electron chi connectivity index (χ3n) is 0.900. The molecule has 0 spiro atoms. The molecule has 0 heterocycles. The van der Waals surface area contributed by atoms with Crippen molar-refractivity contribution in [2.24, 2.45) is 0 Å². The van der Waals surface area contributed by atoms with Crippen LogP contribution in [0.25, 0.3) is 0 Å². The Morgan fingerprint density at radius 2 is 2.38 bits per heavy atom. The van der Waals surface area contributed by atoms with Crippen molar-refractivity contribution in [1.29, 1.82) is 0 Å². The van der Waals surface area contributed by atoms with Crippen LogP contribution in [0.5, 0.6) is 0 Å². The van der Waals surface area contributed by atoms with Crippen LogP contribution in [0, 0.1) is 0 Å². The van der Waals surface area contributed by atoms with Gasteiger partial charge < -0.3 is 0 Å². The van der Waals surface area contributed by atoms with Gasteiger partial charge in [0.2, 0.25) is 6.29 Å². The molecule has 0 bridgehead atoms. The Morgan fingerprint density at radius 3 is 2.75 bits per heavy atom. The molecule has 0 aromatic carbocycles. The lowest BCUT2D eigenvalue weighted by atomic mass is 10.2. The first-order valence-corrected chi connectivity index (χ1v) is 2.86. The number of hydrogen-bond acceptors (Lipinski definition) is 1. The highest BCUT2D eigenvalue weighted by atomic mass is 16.1. The molecule has 0 fully saturated rings. The van der Waals surface area contributed by atoms with Crippen molar-refractivity contribution >= 4 is 6.29 Å². The Morgan fingerprint density at radius 1 is 1.75 bits per heavy atom. The molecule has 0 aliphatic carbocycles. The minimum absolute atomic E-state index is 0.715. The lowest BCUT2D eigenvalue weighted by Crippen LogP contribution is -1.74. The molecular weight excluding hydrogens is 100 g/mol. The van der Waals surface area contributed by atoms with E-state index in [1.165, 1.54) is 0 Å². The van der Waals surface area contributed by atoms with Crippen LogP contribution in [-0.2, 0) is 4.79 Å². The molecular formula is C7H11O. The first-order chi connectivity index (χ1) is 3.81. The van der Waals surface area contributed by atoms with Gasteiger partial charge >= 0.3 is 0 Å². The fraction of sp³-hybridized carbons (Fsp3) is 0.571. The minimum atomic E-state index is 0.715. The van der Waals surface area contributed by atoms with Gasteiger partial charge in [-0.15, -0.1) is 0 Å². The van der Waals surface area contributed by atoms with Gasteiger partial charge in [-0.05, 0) is 18.9 Å². The molecule has 1 radical (unpaired) electrons. The van der Waals surface area contributed by atoms with Crippen molar-refractivity contribution in [2.45, 2.75) is 26.7 Å². The van der Waals surface area contributed by atoms with E-state index in [0.29, 0.717) is 5.57 Å². The van der Waals surface area contributed by atoms with Crippen molar-refractivity contribution < 1.29 is 4.79 Å². The SMILES string of the molecule is CCCC=C(C)[C]=O. The van der Waals surface area contributed by atoms with E-state index in [1.54, 1.807) is 6.92 Å². The molecule has 0 aromatic heterocycles. The molecule has 0 aliphatic rings. The first kappa shape index (κ1) is 7.41. The topological polar surface area (TPSA) is 17.1 Å². The zero-order valence-corrected chi connectivity index (χ0v) is 5.40. The van der Waals surface area contributed by atoms with Crippen LogP contribution in [0.15, 0.2) is 11.6 Å². The van der Waals surface area contributed by atoms with Gasteiger partial charge in [-0.2, -0.15) is 0 Å². The summed E-state index contributed by atoms with van der Waals surface area (Å²) in [6.45, 7) is 3.84. The average molecular weight is 111 g/mol. The fourth-order valence-electron chi connectivity index (χ4n) is 0.403. The van der Waals surface area contributed by atoms with E-state index >= 15 is 0 Å². The van der Waals surface area contributed by atoms with Crippen LogP contribution in [0.1, 0.15) is 26.7 Å². The van der Waals surface area contributed by atoms with Gasteiger partial charge in [0.15, 0.2) is 0 Å². The molecule has 45 valence electrons. The van der Waals surface area contributed by atoms with Crippen LogP contribution in [0.3, 0.4) is 0 Å². The second kappa shape index (κ2) is 4.57. The molecule has 0 saturated heterocycles. The highest BCUT2D eigenvalue weighted by Crippen LogP contribution is 1.93. The monoisotopic (exact) mass is 111 g/mol. The van der Waals surface area contributed by atoms with Gasteiger partial charge in [-0.1, -0.05) is 19.4 Å². The average Bonchev–Trinajstić information content (AvgIpc) is 1.83. The summed E-state index contributed by atoms with van der Waals surface area (Å²) >= 11 is 0. The van der Waals surface area contributed by atoms with E-state index in [-0.39, 0.29) is 0 Å². The molecule has 8 heavy (non-hydrogen) atoms. The van der Waals surface area contributed by atoms with Crippen molar-refractivity contribution in [2.75, 3.05) is 0 Å². The van der Waals surface area contributed by atoms with Gasteiger partial charge in [-0.3, -0.25) is 4.79 Å². The number of allylic oxidation sites excluding steroid dienone is 2. The summed E-state index contributed by atoms with van der Waals surface area (Å²) in [4.78, 5) is 9.82. The van der Waals surface area contributed by atoms with Crippen LogP contribution in [0.2, 0.25) is 0 Å². The standard InChI is InChI=1S/C7H11O/c1-3-4-5-7(2)6-8/h5H,3-4H2,1-2H3. The normalized spacial score (nSPS) is 11.5. The maximum Gasteiger partial charge on any atom is 0.228 e. The van der Waals surface area contributed by atoms with Crippen LogP contribution in [-0.4, -0.2) is 6.29 Å². The largest absolute Gasteiger partial charge is 0.285 e. The van der Waals surface area contributed by atoms with Gasteiger partial charge in [0.1, 0.15) is 0 Å². The highest BCUT2D eigenvalue weighted by Gasteiger charge is 1.81. The second-order valence-electron chi connectivity index (χ2n) is 1.78. The summed E-state index contributed by atoms with van der Waals surface area (Å²) in [6.07, 6.45) is 5.79. The zero-order valence-electron chi connectivity index (χ0n) is 5.40. The Kier molecular flexibility index (Phi) is 4.23. The molecule has 0 unspecified atom stereocenters. The van der Waals surface area contributed by atoms with E-state index in [1.807, 2.05) is 12.4 Å². The van der Waals surface area contributed by atoms with Crippen molar-refractivity contribution in [3.63, 3.8) is 0 Å². The quantitative estimate of drug-likeness (QED) is 0.508. The van der Waals surface area contributed by atoms with E-state index in [2.05, 4.69) is 6.92 Å². The number of carbonyl (C=O) groups excluding carboxylic acids is 1. The smallest absolute Gasteiger partial charge is 0.228 e. The Balaban J connectivity index is 3.40. The maximum atomic E-state index is 9.82. The summed E-state index contributed by atoms with van der Waals surface area (Å²) in [5, 5.41) is 0. The van der Waals surface area contributed by atoms with Crippen LogP contribution < -0.4 is 0 Å². The highest BCUT2D eigenvalue weighted by molar-refractivity contribution is 5.72. The van der Waals surface area contributed by atoms with Gasteiger partial charge in [0.05, 0.1) is 0 Å². The summed E-state index contributed by atoms with van der Waals surface area (Å²) in [6, 6.07) is 0. The van der Waals surface area contributed by atoms with Gasteiger partial charge in [0.25, 0.3) is 0 Å². The Bertz CT molecular complexity index is 92.6. The van der Waals surface area contributed by atoms with E-state index in [4.69, 9.17) is 0 Å². The van der Waals surface area contributed by atoms with Gasteiger partial charge in [-0.25, -0.2) is 0 Å². The molecule has 0 rings (SSSR count). The van der Waals surface area contributed by atoms with Crippen molar-refractivity contribution in [3.8, 4) is 0 Å². The van der Waals surface area contributed by atoms with Gasteiger partial charge in [0, 0.05) is 0 Å². The summed E-state index contributed by atoms with van der Waals surface area (Å²) < 4.78 is 0. The molecule has 1 nitrogen and oxygen atoms in total. The molecule has 0 aliphatic heterocycles. The zero-order chi connectivity index (χ0) is 6.41. The summed E-state index contributed by atoms with van der Waals surface area (Å²) in [7, 11) is 0. The molecule has 0 saturated carbocycles. The lowest BCUT2D eigenvalue weighted by Gasteiger charge is -1.83. The first-order valence-electron chi connectivity index (χ1n) is 2.86. The van der Waals surface area contributed by atoms with E-state index in [9.17, 15) is 4.79 Å². The Labute approximate surface area is 50.4 Å². The summed E-state index contributed by atoms with van der Waals surface area (Å²) in [5.74, 6) is 0. The molecule has 0 N–H and O–H groups in total. The predicted molar refractivity (Wildman–Crippen MR) is 34.4 cm³/mol. The number of rotatable bonds is 3. The van der Waals surface area contributed by atoms with Crippen molar-refractivity contribution in [1.82, 2.24) is 0 Å². The molecule has 0 atom stereocenters. The lowest BCUT2D eigenvalue weighted by molar-refractivity contribution is 0.561. The Hall–Kier alpha value is -0.590. The van der Waals surface area contributed by atoms with Crippen LogP contribution in [0.4, 0.5) is 0 Å². The van der Waals surface area contributed by atoms with E-state index in [0.717, 1.165) is 12.8 Å². The summed E-state index contributed by atoms with van der Waals surface area (Å²) in [5.41, 5.74) is 0.715. The maximum absolute atomic E-state index is 9.82. The fourth-order valence-corrected chi connectivity index (χ4v) is 0.403. The molecule has 1 heteroatoms. The van der Waals surface area contributed by atoms with E-state index < -0.39 is 0 Å². The molecule has 0 aromatic rings. The minimum Gasteiger partial charge on any atom is -0.285 e. The second-order valence-corrected chi connectivity index (χ2v) is 1.78. The predicted octanol–water partition coefficient (Wildman–Crippen LogP) is 1.84. The third kappa shape index (κ3) is 3.59. The van der Waals surface area contributed by atoms with Crippen molar-refractivity contribution in [3.05, 3.63) is 11.6 Å².